The summed E-state index contributed by atoms with van der Waals surface area (Å²) in [6, 6.07) is 11.4. The van der Waals surface area contributed by atoms with Gasteiger partial charge in [-0.3, -0.25) is 9.59 Å². The van der Waals surface area contributed by atoms with Gasteiger partial charge in [-0.15, -0.1) is 10.2 Å². The highest BCUT2D eigenvalue weighted by Gasteiger charge is 2.23. The summed E-state index contributed by atoms with van der Waals surface area (Å²) >= 11 is 1.62. The fourth-order valence-electron chi connectivity index (χ4n) is 4.21. The van der Waals surface area contributed by atoms with Crippen molar-refractivity contribution in [1.29, 1.82) is 0 Å². The van der Waals surface area contributed by atoms with Crippen molar-refractivity contribution in [3.05, 3.63) is 63.8 Å². The van der Waals surface area contributed by atoms with E-state index in [1.54, 1.807) is 23.4 Å². The summed E-state index contributed by atoms with van der Waals surface area (Å²) in [6.45, 7) is 2.23. The lowest BCUT2D eigenvalue weighted by Crippen LogP contribution is -2.32. The Morgan fingerprint density at radius 1 is 1.19 bits per heavy atom. The maximum Gasteiger partial charge on any atom is 0.275 e. The van der Waals surface area contributed by atoms with E-state index in [1.807, 2.05) is 36.6 Å². The van der Waals surface area contributed by atoms with Gasteiger partial charge in [-0.1, -0.05) is 42.8 Å². The van der Waals surface area contributed by atoms with Crippen LogP contribution in [-0.4, -0.2) is 43.3 Å². The number of hydrogen-bond acceptors (Lipinski definition) is 6. The lowest BCUT2D eigenvalue weighted by molar-refractivity contribution is 0.0945. The van der Waals surface area contributed by atoms with Gasteiger partial charge in [0, 0.05) is 30.8 Å². The lowest BCUT2D eigenvalue weighted by Gasteiger charge is -2.16. The van der Waals surface area contributed by atoms with Crippen molar-refractivity contribution in [2.45, 2.75) is 56.6 Å². The fourth-order valence-corrected chi connectivity index (χ4v) is 4.79. The van der Waals surface area contributed by atoms with Gasteiger partial charge in [0.25, 0.3) is 5.91 Å². The third kappa shape index (κ3) is 4.77. The zero-order valence-corrected chi connectivity index (χ0v) is 19.3. The Labute approximate surface area is 191 Å². The molecule has 32 heavy (non-hydrogen) atoms. The monoisotopic (exact) mass is 452 g/mol. The van der Waals surface area contributed by atoms with E-state index >= 15 is 0 Å². The number of thioether (sulfide) groups is 1. The Morgan fingerprint density at radius 3 is 2.66 bits per heavy atom. The van der Waals surface area contributed by atoms with Crippen LogP contribution in [0.1, 0.15) is 60.2 Å². The number of nitrogens with zero attached hydrogens (tertiary/aromatic N) is 5. The van der Waals surface area contributed by atoms with Crippen LogP contribution in [-0.2, 0) is 6.42 Å². The highest BCUT2D eigenvalue weighted by molar-refractivity contribution is 7.98. The summed E-state index contributed by atoms with van der Waals surface area (Å²) < 4.78 is 3.89. The second kappa shape index (κ2) is 10.1. The molecular weight excluding hydrogens is 424 g/mol. The minimum absolute atomic E-state index is 0.0988. The lowest BCUT2D eigenvalue weighted by atomic mass is 10.2. The quantitative estimate of drug-likeness (QED) is 0.416. The molecule has 0 spiro atoms. The molecule has 1 aliphatic rings. The Bertz CT molecular complexity index is 1140. The molecule has 1 fully saturated rings. The number of benzene rings is 1. The molecule has 0 atom stereocenters. The van der Waals surface area contributed by atoms with Gasteiger partial charge in [-0.2, -0.15) is 5.10 Å². The van der Waals surface area contributed by atoms with E-state index < -0.39 is 5.91 Å². The Balaban J connectivity index is 1.40. The average molecular weight is 453 g/mol. The van der Waals surface area contributed by atoms with E-state index in [1.165, 1.54) is 31.7 Å². The second-order valence-corrected chi connectivity index (χ2v) is 8.79. The van der Waals surface area contributed by atoms with Gasteiger partial charge in [0.2, 0.25) is 5.43 Å². The molecule has 1 aliphatic carbocycles. The van der Waals surface area contributed by atoms with Crippen LogP contribution in [0.2, 0.25) is 0 Å². The number of hydrogen-bond donors (Lipinski definition) is 1. The molecule has 0 aliphatic heterocycles. The van der Waals surface area contributed by atoms with Crippen LogP contribution in [0.5, 0.6) is 0 Å². The van der Waals surface area contributed by atoms with E-state index in [0.717, 1.165) is 23.1 Å². The standard InChI is InChI=1S/C23H28N6O2S/c1-16-15-19(30)21(27-29(16)18-11-4-3-5-12-18)22(31)24-14-8-13-20-25-26-23(32-2)28(20)17-9-6-7-10-17/h3-5,11-12,15,17H,6-10,13-14H2,1-2H3,(H,24,31). The molecular formula is C23H28N6O2S. The molecule has 1 N–H and O–H groups in total. The molecule has 2 aromatic heterocycles. The number of amides is 1. The maximum absolute atomic E-state index is 12.7. The van der Waals surface area contributed by atoms with Crippen LogP contribution in [0.4, 0.5) is 0 Å². The van der Waals surface area contributed by atoms with Gasteiger partial charge < -0.3 is 9.88 Å². The Kier molecular flexibility index (Phi) is 7.04. The van der Waals surface area contributed by atoms with Crippen molar-refractivity contribution in [3.63, 3.8) is 0 Å². The van der Waals surface area contributed by atoms with E-state index in [0.29, 0.717) is 24.7 Å². The number of nitrogens with one attached hydrogen (secondary N) is 1. The average Bonchev–Trinajstić information content (AvgIpc) is 3.46. The van der Waals surface area contributed by atoms with E-state index in [-0.39, 0.29) is 11.1 Å². The Morgan fingerprint density at radius 2 is 1.94 bits per heavy atom. The van der Waals surface area contributed by atoms with Crippen LogP contribution in [0.25, 0.3) is 5.69 Å². The summed E-state index contributed by atoms with van der Waals surface area (Å²) in [6.07, 6.45) is 8.29. The first-order valence-corrected chi connectivity index (χ1v) is 12.2. The predicted octanol–water partition coefficient (Wildman–Crippen LogP) is 3.33. The molecule has 1 aromatic carbocycles. The minimum atomic E-state index is -0.457. The van der Waals surface area contributed by atoms with Crippen LogP contribution < -0.4 is 10.7 Å². The highest BCUT2D eigenvalue weighted by Crippen LogP contribution is 2.33. The van der Waals surface area contributed by atoms with Gasteiger partial charge in [-0.05, 0) is 44.6 Å². The van der Waals surface area contributed by atoms with Crippen molar-refractivity contribution in [2.75, 3.05) is 12.8 Å². The van der Waals surface area contributed by atoms with Gasteiger partial charge in [0.1, 0.15) is 5.82 Å². The molecule has 1 amide bonds. The molecule has 8 nitrogen and oxygen atoms in total. The zero-order valence-electron chi connectivity index (χ0n) is 18.5. The predicted molar refractivity (Wildman–Crippen MR) is 125 cm³/mol. The fraction of sp³-hybridized carbons (Fsp3) is 0.435. The molecule has 3 aromatic rings. The number of aryl methyl sites for hydroxylation is 2. The third-order valence-electron chi connectivity index (χ3n) is 5.79. The first-order chi connectivity index (χ1) is 15.6. The number of aromatic nitrogens is 5. The van der Waals surface area contributed by atoms with Gasteiger partial charge in [0.05, 0.1) is 5.69 Å². The summed E-state index contributed by atoms with van der Waals surface area (Å²) in [7, 11) is 0. The van der Waals surface area contributed by atoms with Crippen molar-refractivity contribution in [3.8, 4) is 5.69 Å². The number of rotatable bonds is 8. The SMILES string of the molecule is CSc1nnc(CCCNC(=O)c2nn(-c3ccccc3)c(C)cc2=O)n1C1CCCC1. The number of carbonyl (C=O) groups is 1. The molecule has 4 rings (SSSR count). The summed E-state index contributed by atoms with van der Waals surface area (Å²) in [5.41, 5.74) is 1.000. The van der Waals surface area contributed by atoms with Gasteiger partial charge in [-0.25, -0.2) is 4.68 Å². The summed E-state index contributed by atoms with van der Waals surface area (Å²) in [4.78, 5) is 25.1. The van der Waals surface area contributed by atoms with Crippen molar-refractivity contribution in [1.82, 2.24) is 29.9 Å². The van der Waals surface area contributed by atoms with E-state index in [4.69, 9.17) is 0 Å². The molecule has 0 unspecified atom stereocenters. The van der Waals surface area contributed by atoms with Crippen LogP contribution in [0.3, 0.4) is 0 Å². The number of carbonyl (C=O) groups excluding carboxylic acids is 1. The largest absolute Gasteiger partial charge is 0.351 e. The third-order valence-corrected chi connectivity index (χ3v) is 6.44. The van der Waals surface area contributed by atoms with Crippen LogP contribution >= 0.6 is 11.8 Å². The molecule has 1 saturated carbocycles. The van der Waals surface area contributed by atoms with Crippen molar-refractivity contribution < 1.29 is 4.79 Å². The zero-order chi connectivity index (χ0) is 22.5. The minimum Gasteiger partial charge on any atom is -0.351 e. The Hall–Kier alpha value is -2.94. The smallest absolute Gasteiger partial charge is 0.275 e. The topological polar surface area (TPSA) is 94.7 Å². The molecule has 0 saturated heterocycles. The normalized spacial score (nSPS) is 14.1. The molecule has 0 radical (unpaired) electrons. The first-order valence-electron chi connectivity index (χ1n) is 11.0. The maximum atomic E-state index is 12.7. The van der Waals surface area contributed by atoms with Crippen molar-refractivity contribution >= 4 is 17.7 Å². The van der Waals surface area contributed by atoms with Crippen LogP contribution in [0, 0.1) is 6.92 Å². The molecule has 9 heteroatoms. The van der Waals surface area contributed by atoms with Gasteiger partial charge in [0.15, 0.2) is 10.9 Å². The highest BCUT2D eigenvalue weighted by atomic mass is 32.2. The van der Waals surface area contributed by atoms with E-state index in [9.17, 15) is 9.59 Å². The number of para-hydroxylation sites is 1. The van der Waals surface area contributed by atoms with Crippen molar-refractivity contribution in [2.24, 2.45) is 0 Å². The molecule has 168 valence electrons. The molecule has 0 bridgehead atoms. The first kappa shape index (κ1) is 22.3. The van der Waals surface area contributed by atoms with Gasteiger partial charge >= 0.3 is 0 Å². The molecule has 2 heterocycles. The summed E-state index contributed by atoms with van der Waals surface area (Å²) in [5.74, 6) is 0.511. The second-order valence-electron chi connectivity index (χ2n) is 8.02. The van der Waals surface area contributed by atoms with Crippen LogP contribution in [0.15, 0.2) is 46.3 Å². The van der Waals surface area contributed by atoms with E-state index in [2.05, 4.69) is 25.2 Å². The summed E-state index contributed by atoms with van der Waals surface area (Å²) in [5, 5.41) is 16.8.